The van der Waals surface area contributed by atoms with Crippen molar-refractivity contribution in [2.75, 3.05) is 18.4 Å². The highest BCUT2D eigenvalue weighted by Gasteiger charge is 2.15. The Balaban J connectivity index is 0.00000324. The SMILES string of the molecule is CC(=O)Nc1cc(S(=O)(=O)NCCN)ccc1F.Cl. The smallest absolute Gasteiger partial charge is 0.240 e. The van der Waals surface area contributed by atoms with Gasteiger partial charge in [-0.05, 0) is 18.2 Å². The lowest BCUT2D eigenvalue weighted by Gasteiger charge is -2.08. The zero-order valence-electron chi connectivity index (χ0n) is 10.1. The third kappa shape index (κ3) is 5.11. The van der Waals surface area contributed by atoms with Gasteiger partial charge in [-0.15, -0.1) is 12.4 Å². The van der Waals surface area contributed by atoms with Crippen LogP contribution in [-0.2, 0) is 14.8 Å². The third-order valence-corrected chi connectivity index (χ3v) is 3.45. The fourth-order valence-electron chi connectivity index (χ4n) is 1.23. The van der Waals surface area contributed by atoms with Crippen molar-refractivity contribution in [3.63, 3.8) is 0 Å². The second-order valence-corrected chi connectivity index (χ2v) is 5.28. The second kappa shape index (κ2) is 7.39. The van der Waals surface area contributed by atoms with Gasteiger partial charge < -0.3 is 11.1 Å². The third-order valence-electron chi connectivity index (χ3n) is 2.00. The number of amides is 1. The molecule has 0 aliphatic rings. The minimum atomic E-state index is -3.75. The molecule has 0 fully saturated rings. The van der Waals surface area contributed by atoms with Crippen LogP contribution in [0.3, 0.4) is 0 Å². The number of hydrogen-bond acceptors (Lipinski definition) is 4. The van der Waals surface area contributed by atoms with Crippen molar-refractivity contribution >= 4 is 34.0 Å². The average Bonchev–Trinajstić information content (AvgIpc) is 2.28. The Hall–Kier alpha value is -1.22. The molecule has 0 atom stereocenters. The number of benzene rings is 1. The van der Waals surface area contributed by atoms with Crippen molar-refractivity contribution in [3.05, 3.63) is 24.0 Å². The first-order valence-electron chi connectivity index (χ1n) is 5.13. The summed E-state index contributed by atoms with van der Waals surface area (Å²) in [6.45, 7) is 1.43. The first kappa shape index (κ1) is 17.8. The number of halogens is 2. The van der Waals surface area contributed by atoms with Crippen LogP contribution in [0.1, 0.15) is 6.92 Å². The van der Waals surface area contributed by atoms with Gasteiger partial charge >= 0.3 is 0 Å². The molecular weight excluding hydrogens is 297 g/mol. The molecule has 0 unspecified atom stereocenters. The molecular formula is C10H15ClFN3O3S. The van der Waals surface area contributed by atoms with E-state index in [1.54, 1.807) is 0 Å². The summed E-state index contributed by atoms with van der Waals surface area (Å²) in [6.07, 6.45) is 0. The van der Waals surface area contributed by atoms with E-state index in [0.29, 0.717) is 0 Å². The Morgan fingerprint density at radius 1 is 1.42 bits per heavy atom. The molecule has 1 aromatic rings. The van der Waals surface area contributed by atoms with E-state index in [1.165, 1.54) is 6.92 Å². The van der Waals surface area contributed by atoms with Crippen LogP contribution in [-0.4, -0.2) is 27.4 Å². The van der Waals surface area contributed by atoms with Gasteiger partial charge in [-0.3, -0.25) is 4.79 Å². The van der Waals surface area contributed by atoms with E-state index >= 15 is 0 Å². The van der Waals surface area contributed by atoms with E-state index in [9.17, 15) is 17.6 Å². The van der Waals surface area contributed by atoms with Crippen LogP contribution in [0.5, 0.6) is 0 Å². The highest BCUT2D eigenvalue weighted by Crippen LogP contribution is 2.19. The normalized spacial score (nSPS) is 10.7. The molecule has 0 saturated heterocycles. The van der Waals surface area contributed by atoms with Crippen LogP contribution >= 0.6 is 12.4 Å². The summed E-state index contributed by atoms with van der Waals surface area (Å²) in [6, 6.07) is 3.14. The van der Waals surface area contributed by atoms with E-state index in [4.69, 9.17) is 5.73 Å². The Bertz CT molecular complexity index is 551. The Kier molecular flexibility index (Phi) is 6.91. The standard InChI is InChI=1S/C10H14FN3O3S.ClH/c1-7(15)14-10-6-8(2-3-9(10)11)18(16,17)13-5-4-12;/h2-3,6,13H,4-5,12H2,1H3,(H,14,15);1H. The first-order chi connectivity index (χ1) is 8.36. The first-order valence-corrected chi connectivity index (χ1v) is 6.62. The van der Waals surface area contributed by atoms with E-state index in [-0.39, 0.29) is 36.1 Å². The molecule has 0 radical (unpaired) electrons. The molecule has 19 heavy (non-hydrogen) atoms. The van der Waals surface area contributed by atoms with Gasteiger partial charge in [0.1, 0.15) is 5.82 Å². The van der Waals surface area contributed by atoms with Gasteiger partial charge in [-0.2, -0.15) is 0 Å². The fraction of sp³-hybridized carbons (Fsp3) is 0.300. The molecule has 108 valence electrons. The molecule has 6 nitrogen and oxygen atoms in total. The highest BCUT2D eigenvalue weighted by molar-refractivity contribution is 7.89. The minimum Gasteiger partial charge on any atom is -0.329 e. The zero-order valence-corrected chi connectivity index (χ0v) is 11.8. The predicted octanol–water partition coefficient (Wildman–Crippen LogP) is 0.443. The van der Waals surface area contributed by atoms with Gasteiger partial charge in [-0.25, -0.2) is 17.5 Å². The number of nitrogens with one attached hydrogen (secondary N) is 2. The summed E-state index contributed by atoms with van der Waals surface area (Å²) >= 11 is 0. The molecule has 1 amide bonds. The summed E-state index contributed by atoms with van der Waals surface area (Å²) < 4.78 is 39.0. The Morgan fingerprint density at radius 2 is 2.05 bits per heavy atom. The van der Waals surface area contributed by atoms with Crippen molar-refractivity contribution in [2.24, 2.45) is 5.73 Å². The van der Waals surface area contributed by atoms with Crippen molar-refractivity contribution in [2.45, 2.75) is 11.8 Å². The predicted molar refractivity (Wildman–Crippen MR) is 72.2 cm³/mol. The van der Waals surface area contributed by atoms with E-state index in [0.717, 1.165) is 18.2 Å². The number of carbonyl (C=O) groups is 1. The van der Waals surface area contributed by atoms with Gasteiger partial charge in [0, 0.05) is 20.0 Å². The molecule has 0 spiro atoms. The van der Waals surface area contributed by atoms with Crippen LogP contribution in [0.2, 0.25) is 0 Å². The van der Waals surface area contributed by atoms with Crippen molar-refractivity contribution in [1.82, 2.24) is 4.72 Å². The largest absolute Gasteiger partial charge is 0.329 e. The molecule has 1 rings (SSSR count). The van der Waals surface area contributed by atoms with Crippen molar-refractivity contribution in [3.8, 4) is 0 Å². The molecule has 0 aliphatic carbocycles. The molecule has 4 N–H and O–H groups in total. The quantitative estimate of drug-likeness (QED) is 0.734. The lowest BCUT2D eigenvalue weighted by atomic mass is 10.3. The van der Waals surface area contributed by atoms with Crippen LogP contribution in [0, 0.1) is 5.82 Å². The van der Waals surface area contributed by atoms with Crippen LogP contribution in [0.4, 0.5) is 10.1 Å². The average molecular weight is 312 g/mol. The maximum Gasteiger partial charge on any atom is 0.240 e. The molecule has 0 bridgehead atoms. The summed E-state index contributed by atoms with van der Waals surface area (Å²) in [7, 11) is -3.75. The van der Waals surface area contributed by atoms with Gasteiger partial charge in [0.05, 0.1) is 10.6 Å². The van der Waals surface area contributed by atoms with Crippen LogP contribution in [0.25, 0.3) is 0 Å². The van der Waals surface area contributed by atoms with Gasteiger partial charge in [0.25, 0.3) is 0 Å². The maximum absolute atomic E-state index is 13.3. The van der Waals surface area contributed by atoms with E-state index < -0.39 is 21.7 Å². The minimum absolute atomic E-state index is 0. The number of sulfonamides is 1. The molecule has 0 saturated carbocycles. The molecule has 0 heterocycles. The zero-order chi connectivity index (χ0) is 13.8. The molecule has 0 aliphatic heterocycles. The number of rotatable bonds is 5. The number of carbonyl (C=O) groups excluding carboxylic acids is 1. The maximum atomic E-state index is 13.3. The van der Waals surface area contributed by atoms with Gasteiger partial charge in [0.2, 0.25) is 15.9 Å². The molecule has 1 aromatic carbocycles. The second-order valence-electron chi connectivity index (χ2n) is 3.51. The Morgan fingerprint density at radius 3 is 2.58 bits per heavy atom. The molecule has 9 heteroatoms. The summed E-state index contributed by atoms with van der Waals surface area (Å²) in [5.41, 5.74) is 5.01. The van der Waals surface area contributed by atoms with Gasteiger partial charge in [0.15, 0.2) is 0 Å². The lowest BCUT2D eigenvalue weighted by Crippen LogP contribution is -2.29. The van der Waals surface area contributed by atoms with Crippen molar-refractivity contribution < 1.29 is 17.6 Å². The van der Waals surface area contributed by atoms with Crippen LogP contribution in [0.15, 0.2) is 23.1 Å². The van der Waals surface area contributed by atoms with E-state index in [1.807, 2.05) is 0 Å². The van der Waals surface area contributed by atoms with Gasteiger partial charge in [-0.1, -0.05) is 0 Å². The van der Waals surface area contributed by atoms with Crippen molar-refractivity contribution in [1.29, 1.82) is 0 Å². The summed E-state index contributed by atoms with van der Waals surface area (Å²) in [5, 5.41) is 2.21. The number of nitrogens with two attached hydrogens (primary N) is 1. The fourth-order valence-corrected chi connectivity index (χ4v) is 2.31. The lowest BCUT2D eigenvalue weighted by molar-refractivity contribution is -0.114. The summed E-state index contributed by atoms with van der Waals surface area (Å²) in [5.74, 6) is -1.19. The highest BCUT2D eigenvalue weighted by atomic mass is 35.5. The Labute approximate surface area is 117 Å². The monoisotopic (exact) mass is 311 g/mol. The number of anilines is 1. The van der Waals surface area contributed by atoms with E-state index in [2.05, 4.69) is 10.0 Å². The topological polar surface area (TPSA) is 101 Å². The summed E-state index contributed by atoms with van der Waals surface area (Å²) in [4.78, 5) is 10.7. The van der Waals surface area contributed by atoms with Crippen LogP contribution < -0.4 is 15.8 Å². The molecule has 0 aromatic heterocycles. The number of hydrogen-bond donors (Lipinski definition) is 3.